The van der Waals surface area contributed by atoms with E-state index in [1.165, 1.54) is 31.4 Å². The monoisotopic (exact) mass is 272 g/mol. The number of carbonyl (C=O) groups excluding carboxylic acids is 1. The van der Waals surface area contributed by atoms with Gasteiger partial charge in [-0.3, -0.25) is 14.9 Å². The number of benzene rings is 2. The second kappa shape index (κ2) is 5.83. The predicted molar refractivity (Wildman–Crippen MR) is 74.0 cm³/mol. The summed E-state index contributed by atoms with van der Waals surface area (Å²) in [5, 5.41) is 13.2. The number of carbonyl (C=O) groups is 1. The van der Waals surface area contributed by atoms with Gasteiger partial charge in [0.2, 0.25) is 0 Å². The summed E-state index contributed by atoms with van der Waals surface area (Å²) in [5.41, 5.74) is 0.913. The number of hydrogen-bond acceptors (Lipinski definition) is 4. The molecule has 0 saturated heterocycles. The number of amides is 1. The lowest BCUT2D eigenvalue weighted by Crippen LogP contribution is -2.11. The molecule has 0 spiro atoms. The Morgan fingerprint density at radius 3 is 2.50 bits per heavy atom. The van der Waals surface area contributed by atoms with Crippen molar-refractivity contribution in [3.63, 3.8) is 0 Å². The maximum atomic E-state index is 12.0. The number of rotatable bonds is 4. The lowest BCUT2D eigenvalue weighted by Gasteiger charge is -2.06. The molecule has 0 radical (unpaired) electrons. The largest absolute Gasteiger partial charge is 0.497 e. The average Bonchev–Trinajstić information content (AvgIpc) is 2.47. The van der Waals surface area contributed by atoms with Crippen molar-refractivity contribution >= 4 is 17.3 Å². The van der Waals surface area contributed by atoms with Crippen LogP contribution >= 0.6 is 0 Å². The van der Waals surface area contributed by atoms with E-state index in [-0.39, 0.29) is 11.6 Å². The van der Waals surface area contributed by atoms with E-state index in [1.807, 2.05) is 0 Å². The Labute approximate surface area is 115 Å². The quantitative estimate of drug-likeness (QED) is 0.685. The maximum Gasteiger partial charge on any atom is 0.269 e. The first-order chi connectivity index (χ1) is 9.60. The minimum Gasteiger partial charge on any atom is -0.497 e. The van der Waals surface area contributed by atoms with Crippen LogP contribution in [0.15, 0.2) is 48.5 Å². The molecule has 20 heavy (non-hydrogen) atoms. The highest BCUT2D eigenvalue weighted by Gasteiger charge is 2.09. The molecule has 0 aliphatic rings. The fraction of sp³-hybridized carbons (Fsp3) is 0.0714. The lowest BCUT2D eigenvalue weighted by atomic mass is 10.2. The van der Waals surface area contributed by atoms with Gasteiger partial charge >= 0.3 is 0 Å². The van der Waals surface area contributed by atoms with Gasteiger partial charge in [-0.25, -0.2) is 0 Å². The van der Waals surface area contributed by atoms with Crippen LogP contribution in [0.5, 0.6) is 5.75 Å². The first kappa shape index (κ1) is 13.5. The highest BCUT2D eigenvalue weighted by atomic mass is 16.6. The van der Waals surface area contributed by atoms with Crippen LogP contribution in [0.4, 0.5) is 11.4 Å². The molecule has 102 valence electrons. The average molecular weight is 272 g/mol. The SMILES string of the molecule is COc1cccc(C(=O)Nc2ccc([N+](=O)[O-])cc2)c1. The van der Waals surface area contributed by atoms with Gasteiger partial charge in [-0.2, -0.15) is 0 Å². The molecule has 0 unspecified atom stereocenters. The second-order valence-electron chi connectivity index (χ2n) is 3.99. The van der Waals surface area contributed by atoms with Gasteiger partial charge in [0, 0.05) is 23.4 Å². The van der Waals surface area contributed by atoms with Crippen molar-refractivity contribution < 1.29 is 14.5 Å². The minimum absolute atomic E-state index is 0.0237. The fourth-order valence-corrected chi connectivity index (χ4v) is 1.63. The Balaban J connectivity index is 2.12. The molecule has 1 N–H and O–H groups in total. The molecule has 0 aromatic heterocycles. The zero-order chi connectivity index (χ0) is 14.5. The molecule has 2 aromatic rings. The van der Waals surface area contributed by atoms with Crippen molar-refractivity contribution in [1.29, 1.82) is 0 Å². The normalized spacial score (nSPS) is 9.85. The number of anilines is 1. The van der Waals surface area contributed by atoms with Gasteiger partial charge in [-0.1, -0.05) is 6.07 Å². The van der Waals surface area contributed by atoms with Crippen molar-refractivity contribution in [3.05, 3.63) is 64.2 Å². The van der Waals surface area contributed by atoms with E-state index in [9.17, 15) is 14.9 Å². The Bertz CT molecular complexity index is 638. The summed E-state index contributed by atoms with van der Waals surface area (Å²) in [6, 6.07) is 12.4. The van der Waals surface area contributed by atoms with Gasteiger partial charge in [-0.15, -0.1) is 0 Å². The van der Waals surface area contributed by atoms with Crippen LogP contribution in [-0.2, 0) is 0 Å². The molecule has 0 aliphatic heterocycles. The number of non-ortho nitro benzene ring substituents is 1. The summed E-state index contributed by atoms with van der Waals surface area (Å²) >= 11 is 0. The van der Waals surface area contributed by atoms with Gasteiger partial charge in [0.15, 0.2) is 0 Å². The van der Waals surface area contributed by atoms with Crippen LogP contribution in [0.3, 0.4) is 0 Å². The van der Waals surface area contributed by atoms with Gasteiger partial charge in [0.05, 0.1) is 12.0 Å². The topological polar surface area (TPSA) is 81.5 Å². The van der Waals surface area contributed by atoms with E-state index in [4.69, 9.17) is 4.74 Å². The molecule has 0 bridgehead atoms. The minimum atomic E-state index is -0.492. The molecule has 1 amide bonds. The van der Waals surface area contributed by atoms with Crippen LogP contribution in [-0.4, -0.2) is 17.9 Å². The predicted octanol–water partition coefficient (Wildman–Crippen LogP) is 2.86. The third-order valence-corrected chi connectivity index (χ3v) is 2.67. The standard InChI is InChI=1S/C14H12N2O4/c1-20-13-4-2-3-10(9-13)14(17)15-11-5-7-12(8-6-11)16(18)19/h2-9H,1H3,(H,15,17). The Morgan fingerprint density at radius 2 is 1.90 bits per heavy atom. The van der Waals surface area contributed by atoms with E-state index in [2.05, 4.69) is 5.32 Å². The Kier molecular flexibility index (Phi) is 3.95. The number of methoxy groups -OCH3 is 1. The first-order valence-electron chi connectivity index (χ1n) is 5.80. The summed E-state index contributed by atoms with van der Waals surface area (Å²) in [6.07, 6.45) is 0. The van der Waals surface area contributed by atoms with Crippen LogP contribution in [0.25, 0.3) is 0 Å². The lowest BCUT2D eigenvalue weighted by molar-refractivity contribution is -0.384. The molecule has 2 rings (SSSR count). The Morgan fingerprint density at radius 1 is 1.20 bits per heavy atom. The fourth-order valence-electron chi connectivity index (χ4n) is 1.63. The van der Waals surface area contributed by atoms with Gasteiger partial charge in [0.25, 0.3) is 11.6 Å². The number of hydrogen-bond donors (Lipinski definition) is 1. The first-order valence-corrected chi connectivity index (χ1v) is 5.80. The van der Waals surface area contributed by atoms with E-state index in [0.717, 1.165) is 0 Å². The van der Waals surface area contributed by atoms with Crippen molar-refractivity contribution in [1.82, 2.24) is 0 Å². The summed E-state index contributed by atoms with van der Waals surface area (Å²) in [6.45, 7) is 0. The number of nitro benzene ring substituents is 1. The van der Waals surface area contributed by atoms with Crippen molar-refractivity contribution in [2.24, 2.45) is 0 Å². The van der Waals surface area contributed by atoms with Crippen molar-refractivity contribution in [2.75, 3.05) is 12.4 Å². The molecular formula is C14H12N2O4. The van der Waals surface area contributed by atoms with Gasteiger partial charge < -0.3 is 10.1 Å². The van der Waals surface area contributed by atoms with Gasteiger partial charge in [-0.05, 0) is 30.3 Å². The van der Waals surface area contributed by atoms with E-state index >= 15 is 0 Å². The molecule has 6 nitrogen and oxygen atoms in total. The molecule has 0 saturated carbocycles. The number of ether oxygens (including phenoxy) is 1. The molecule has 6 heteroatoms. The molecule has 0 heterocycles. The zero-order valence-corrected chi connectivity index (χ0v) is 10.7. The summed E-state index contributed by atoms with van der Waals surface area (Å²) in [5.74, 6) is 0.277. The van der Waals surface area contributed by atoms with Crippen LogP contribution in [0.2, 0.25) is 0 Å². The van der Waals surface area contributed by atoms with Gasteiger partial charge in [0.1, 0.15) is 5.75 Å². The number of nitrogens with zero attached hydrogens (tertiary/aromatic N) is 1. The molecule has 0 aliphatic carbocycles. The van der Waals surface area contributed by atoms with E-state index in [0.29, 0.717) is 17.0 Å². The van der Waals surface area contributed by atoms with Crippen molar-refractivity contribution in [3.8, 4) is 5.75 Å². The molecule has 0 atom stereocenters. The smallest absolute Gasteiger partial charge is 0.269 e. The highest BCUT2D eigenvalue weighted by Crippen LogP contribution is 2.17. The third-order valence-electron chi connectivity index (χ3n) is 2.67. The van der Waals surface area contributed by atoms with Crippen molar-refractivity contribution in [2.45, 2.75) is 0 Å². The molecular weight excluding hydrogens is 260 g/mol. The number of nitro groups is 1. The van der Waals surface area contributed by atoms with E-state index in [1.54, 1.807) is 24.3 Å². The van der Waals surface area contributed by atoms with E-state index < -0.39 is 4.92 Å². The maximum absolute atomic E-state index is 12.0. The van der Waals surface area contributed by atoms with Crippen LogP contribution in [0, 0.1) is 10.1 Å². The number of nitrogens with one attached hydrogen (secondary N) is 1. The Hall–Kier alpha value is -2.89. The highest BCUT2D eigenvalue weighted by molar-refractivity contribution is 6.04. The summed E-state index contributed by atoms with van der Waals surface area (Å²) < 4.78 is 5.04. The molecule has 0 fully saturated rings. The summed E-state index contributed by atoms with van der Waals surface area (Å²) in [4.78, 5) is 22.0. The summed E-state index contributed by atoms with van der Waals surface area (Å²) in [7, 11) is 1.52. The molecule has 2 aromatic carbocycles. The van der Waals surface area contributed by atoms with Crippen LogP contribution in [0.1, 0.15) is 10.4 Å². The second-order valence-corrected chi connectivity index (χ2v) is 3.99. The van der Waals surface area contributed by atoms with Crippen LogP contribution < -0.4 is 10.1 Å². The third kappa shape index (κ3) is 3.11. The zero-order valence-electron chi connectivity index (χ0n) is 10.7.